The van der Waals surface area contributed by atoms with E-state index in [1.807, 2.05) is 0 Å². The molecule has 1 saturated heterocycles. The summed E-state index contributed by atoms with van der Waals surface area (Å²) in [5.41, 5.74) is 0.302. The molecule has 0 aromatic rings. The van der Waals surface area contributed by atoms with E-state index in [9.17, 15) is 0 Å². The van der Waals surface area contributed by atoms with Gasteiger partial charge in [0, 0.05) is 37.8 Å². The SMILES string of the molecule is CN(C)C(C1CCC1)C(C)(C)N1CCNCC1. The summed E-state index contributed by atoms with van der Waals surface area (Å²) in [7, 11) is 4.51. The van der Waals surface area contributed by atoms with E-state index in [1.165, 1.54) is 32.4 Å². The monoisotopic (exact) mass is 239 g/mol. The molecule has 100 valence electrons. The number of nitrogens with zero attached hydrogens (tertiary/aromatic N) is 2. The van der Waals surface area contributed by atoms with Crippen LogP contribution in [0, 0.1) is 5.92 Å². The second kappa shape index (κ2) is 5.25. The van der Waals surface area contributed by atoms with Gasteiger partial charge in [-0.05, 0) is 46.7 Å². The van der Waals surface area contributed by atoms with Gasteiger partial charge in [-0.2, -0.15) is 0 Å². The van der Waals surface area contributed by atoms with Crippen molar-refractivity contribution in [3.8, 4) is 0 Å². The third-order valence-corrected chi connectivity index (χ3v) is 4.81. The molecule has 1 unspecified atom stereocenters. The van der Waals surface area contributed by atoms with Gasteiger partial charge in [0.1, 0.15) is 0 Å². The minimum atomic E-state index is 0.302. The molecule has 0 spiro atoms. The van der Waals surface area contributed by atoms with Crippen molar-refractivity contribution < 1.29 is 0 Å². The van der Waals surface area contributed by atoms with Gasteiger partial charge in [0.2, 0.25) is 0 Å². The lowest BCUT2D eigenvalue weighted by Crippen LogP contribution is -2.64. The Morgan fingerprint density at radius 3 is 2.18 bits per heavy atom. The third-order valence-electron chi connectivity index (χ3n) is 4.81. The zero-order chi connectivity index (χ0) is 12.5. The van der Waals surface area contributed by atoms with Gasteiger partial charge in [0.25, 0.3) is 0 Å². The zero-order valence-electron chi connectivity index (χ0n) is 12.0. The smallest absolute Gasteiger partial charge is 0.0312 e. The summed E-state index contributed by atoms with van der Waals surface area (Å²) in [5.74, 6) is 0.912. The molecule has 1 saturated carbocycles. The molecule has 1 aliphatic heterocycles. The maximum absolute atomic E-state index is 3.46. The average molecular weight is 239 g/mol. The van der Waals surface area contributed by atoms with Crippen molar-refractivity contribution in [1.29, 1.82) is 0 Å². The molecular formula is C14H29N3. The standard InChI is InChI=1S/C14H29N3/c1-14(2,17-10-8-15-9-11-17)13(16(3)4)12-6-5-7-12/h12-13,15H,5-11H2,1-4H3. The number of hydrogen-bond donors (Lipinski definition) is 1. The van der Waals surface area contributed by atoms with Gasteiger partial charge in [0.05, 0.1) is 0 Å². The number of nitrogens with one attached hydrogen (secondary N) is 1. The van der Waals surface area contributed by atoms with Crippen LogP contribution in [0.1, 0.15) is 33.1 Å². The Balaban J connectivity index is 2.08. The van der Waals surface area contributed by atoms with E-state index in [0.717, 1.165) is 19.0 Å². The topological polar surface area (TPSA) is 18.5 Å². The fraction of sp³-hybridized carbons (Fsp3) is 1.00. The summed E-state index contributed by atoms with van der Waals surface area (Å²) >= 11 is 0. The molecule has 0 aromatic heterocycles. The maximum Gasteiger partial charge on any atom is 0.0312 e. The molecule has 2 aliphatic rings. The molecular weight excluding hydrogens is 210 g/mol. The van der Waals surface area contributed by atoms with Gasteiger partial charge >= 0.3 is 0 Å². The molecule has 17 heavy (non-hydrogen) atoms. The van der Waals surface area contributed by atoms with Crippen LogP contribution in [0.4, 0.5) is 0 Å². The van der Waals surface area contributed by atoms with Crippen LogP contribution < -0.4 is 5.32 Å². The Morgan fingerprint density at radius 1 is 1.18 bits per heavy atom. The van der Waals surface area contributed by atoms with E-state index < -0.39 is 0 Å². The minimum absolute atomic E-state index is 0.302. The second-order valence-electron chi connectivity index (χ2n) is 6.49. The fourth-order valence-electron chi connectivity index (χ4n) is 3.81. The first-order chi connectivity index (χ1) is 8.03. The first-order valence-electron chi connectivity index (χ1n) is 7.15. The predicted molar refractivity (Wildman–Crippen MR) is 73.3 cm³/mol. The maximum atomic E-state index is 3.46. The zero-order valence-corrected chi connectivity index (χ0v) is 12.0. The average Bonchev–Trinajstić information content (AvgIpc) is 2.23. The Morgan fingerprint density at radius 2 is 1.76 bits per heavy atom. The molecule has 2 rings (SSSR count). The molecule has 3 heteroatoms. The van der Waals surface area contributed by atoms with Crippen LogP contribution in [0.3, 0.4) is 0 Å². The van der Waals surface area contributed by atoms with Crippen molar-refractivity contribution in [2.75, 3.05) is 40.3 Å². The molecule has 0 aromatic carbocycles. The van der Waals surface area contributed by atoms with Gasteiger partial charge in [-0.15, -0.1) is 0 Å². The number of piperazine rings is 1. The molecule has 1 atom stereocenters. The molecule has 1 heterocycles. The van der Waals surface area contributed by atoms with Gasteiger partial charge in [-0.25, -0.2) is 0 Å². The summed E-state index contributed by atoms with van der Waals surface area (Å²) in [4.78, 5) is 5.15. The first-order valence-corrected chi connectivity index (χ1v) is 7.15. The van der Waals surface area contributed by atoms with Crippen molar-refractivity contribution >= 4 is 0 Å². The van der Waals surface area contributed by atoms with Crippen molar-refractivity contribution in [2.24, 2.45) is 5.92 Å². The van der Waals surface area contributed by atoms with Crippen LogP contribution in [0.2, 0.25) is 0 Å². The van der Waals surface area contributed by atoms with E-state index in [1.54, 1.807) is 0 Å². The highest BCUT2D eigenvalue weighted by molar-refractivity contribution is 5.00. The van der Waals surface area contributed by atoms with E-state index in [-0.39, 0.29) is 0 Å². The number of rotatable bonds is 4. The molecule has 0 radical (unpaired) electrons. The van der Waals surface area contributed by atoms with E-state index in [0.29, 0.717) is 11.6 Å². The van der Waals surface area contributed by atoms with Crippen LogP contribution >= 0.6 is 0 Å². The summed E-state index contributed by atoms with van der Waals surface area (Å²) in [5, 5.41) is 3.46. The third kappa shape index (κ3) is 2.67. The van der Waals surface area contributed by atoms with E-state index >= 15 is 0 Å². The van der Waals surface area contributed by atoms with E-state index in [4.69, 9.17) is 0 Å². The van der Waals surface area contributed by atoms with Crippen LogP contribution in [-0.4, -0.2) is 61.7 Å². The summed E-state index contributed by atoms with van der Waals surface area (Å²) < 4.78 is 0. The van der Waals surface area contributed by atoms with Crippen LogP contribution in [0.25, 0.3) is 0 Å². The summed E-state index contributed by atoms with van der Waals surface area (Å²) in [6.07, 6.45) is 4.30. The highest BCUT2D eigenvalue weighted by atomic mass is 15.3. The Hall–Kier alpha value is -0.120. The number of likely N-dealkylation sites (N-methyl/N-ethyl adjacent to an activating group) is 1. The molecule has 1 N–H and O–H groups in total. The predicted octanol–water partition coefficient (Wildman–Crippen LogP) is 1.40. The lowest BCUT2D eigenvalue weighted by atomic mass is 9.71. The summed E-state index contributed by atoms with van der Waals surface area (Å²) in [6.45, 7) is 9.58. The molecule has 0 amide bonds. The van der Waals surface area contributed by atoms with Crippen molar-refractivity contribution in [2.45, 2.75) is 44.7 Å². The highest BCUT2D eigenvalue weighted by Gasteiger charge is 2.43. The van der Waals surface area contributed by atoms with Crippen LogP contribution in [-0.2, 0) is 0 Å². The lowest BCUT2D eigenvalue weighted by molar-refractivity contribution is -0.0161. The Bertz CT molecular complexity index is 240. The second-order valence-corrected chi connectivity index (χ2v) is 6.49. The molecule has 1 aliphatic carbocycles. The van der Waals surface area contributed by atoms with Gasteiger partial charge in [-0.1, -0.05) is 6.42 Å². The van der Waals surface area contributed by atoms with Gasteiger partial charge in [-0.3, -0.25) is 4.90 Å². The molecule has 2 fully saturated rings. The highest BCUT2D eigenvalue weighted by Crippen LogP contribution is 2.38. The molecule has 3 nitrogen and oxygen atoms in total. The summed E-state index contributed by atoms with van der Waals surface area (Å²) in [6, 6.07) is 0.703. The quantitative estimate of drug-likeness (QED) is 0.800. The van der Waals surface area contributed by atoms with Crippen LogP contribution in [0.15, 0.2) is 0 Å². The van der Waals surface area contributed by atoms with Gasteiger partial charge < -0.3 is 10.2 Å². The van der Waals surface area contributed by atoms with Crippen molar-refractivity contribution in [3.05, 3.63) is 0 Å². The molecule has 0 bridgehead atoms. The van der Waals surface area contributed by atoms with E-state index in [2.05, 4.69) is 43.1 Å². The van der Waals surface area contributed by atoms with Gasteiger partial charge in [0.15, 0.2) is 0 Å². The fourth-order valence-corrected chi connectivity index (χ4v) is 3.81. The minimum Gasteiger partial charge on any atom is -0.314 e. The first kappa shape index (κ1) is 13.3. The van der Waals surface area contributed by atoms with Crippen molar-refractivity contribution in [1.82, 2.24) is 15.1 Å². The Labute approximate surface area is 107 Å². The largest absolute Gasteiger partial charge is 0.314 e. The normalized spacial score (nSPS) is 25.9. The number of hydrogen-bond acceptors (Lipinski definition) is 3. The van der Waals surface area contributed by atoms with Crippen LogP contribution in [0.5, 0.6) is 0 Å². The Kier molecular flexibility index (Phi) is 4.11. The lowest BCUT2D eigenvalue weighted by Gasteiger charge is -2.53. The van der Waals surface area contributed by atoms with Crippen molar-refractivity contribution in [3.63, 3.8) is 0 Å².